The fraction of sp³-hybridized carbons (Fsp3) is 0.480. The van der Waals surface area contributed by atoms with Crippen molar-refractivity contribution < 1.29 is 32.8 Å². The second-order valence-electron chi connectivity index (χ2n) is 9.21. The predicted octanol–water partition coefficient (Wildman–Crippen LogP) is 3.16. The van der Waals surface area contributed by atoms with Crippen molar-refractivity contribution in [1.29, 1.82) is 0 Å². The van der Waals surface area contributed by atoms with Crippen LogP contribution in [0, 0.1) is 0 Å². The zero-order valence-electron chi connectivity index (χ0n) is 21.7. The van der Waals surface area contributed by atoms with Crippen LogP contribution in [0.1, 0.15) is 41.0 Å². The highest BCUT2D eigenvalue weighted by molar-refractivity contribution is 7.54. The number of hydrogen-bond donors (Lipinski definition) is 1. The van der Waals surface area contributed by atoms with Crippen LogP contribution >= 0.6 is 7.60 Å². The molecule has 0 unspecified atom stereocenters. The molecule has 11 nitrogen and oxygen atoms in total. The number of hydrogen-bond acceptors (Lipinski definition) is 9. The van der Waals surface area contributed by atoms with Crippen molar-refractivity contribution in [3.8, 4) is 0 Å². The molecular formula is C25H33N4O7P. The minimum Gasteiger partial charge on any atom is -0.324 e. The number of anilines is 1. The number of carbonyl (C=O) groups excluding carboxylic acids is 3. The first-order valence-corrected chi connectivity index (χ1v) is 13.9. The average Bonchev–Trinajstić information content (AvgIpc) is 3.25. The number of amides is 3. The van der Waals surface area contributed by atoms with Crippen LogP contribution in [0.4, 0.5) is 5.69 Å². The van der Waals surface area contributed by atoms with Crippen LogP contribution in [0.5, 0.6) is 0 Å². The Morgan fingerprint density at radius 2 is 1.81 bits per heavy atom. The summed E-state index contributed by atoms with van der Waals surface area (Å²) in [5, 5.41) is 5.41. The summed E-state index contributed by atoms with van der Waals surface area (Å²) >= 11 is 0. The van der Waals surface area contributed by atoms with Gasteiger partial charge in [0.1, 0.15) is 5.78 Å². The first-order valence-electron chi connectivity index (χ1n) is 12.3. The third-order valence-corrected chi connectivity index (χ3v) is 8.88. The Hall–Kier alpha value is -2.66. The standard InChI is InChI=1S/C25H33N4O7P/c1-6-34-37(33,35-7-2)21-15-20(36-28(21)5)23(30)26-17-13-16-9-8-10-18-22(16)19(14-17)25(32)29(24(18)31)12-11-27(3)4/h8-10,13-14,20-21H,6-7,11-12,15H2,1-5H3,(H,26,30)/t20-,21-/m1/s1. The van der Waals surface area contributed by atoms with Gasteiger partial charge in [-0.15, -0.1) is 0 Å². The molecule has 0 spiro atoms. The first-order chi connectivity index (χ1) is 17.6. The lowest BCUT2D eigenvalue weighted by Crippen LogP contribution is -2.43. The molecule has 2 atom stereocenters. The largest absolute Gasteiger partial charge is 0.350 e. The molecule has 2 aromatic rings. The van der Waals surface area contributed by atoms with Gasteiger partial charge >= 0.3 is 7.60 Å². The Morgan fingerprint density at radius 1 is 1.14 bits per heavy atom. The van der Waals surface area contributed by atoms with Gasteiger partial charge in [0.2, 0.25) is 0 Å². The van der Waals surface area contributed by atoms with E-state index in [0.29, 0.717) is 34.1 Å². The molecule has 200 valence electrons. The molecule has 2 heterocycles. The van der Waals surface area contributed by atoms with Gasteiger partial charge in [0.25, 0.3) is 17.7 Å². The van der Waals surface area contributed by atoms with Crippen LogP contribution in [-0.2, 0) is 23.2 Å². The molecule has 1 saturated heterocycles. The Balaban J connectivity index is 1.59. The van der Waals surface area contributed by atoms with Gasteiger partial charge in [-0.05, 0) is 51.5 Å². The lowest BCUT2D eigenvalue weighted by atomic mass is 9.93. The third-order valence-electron chi connectivity index (χ3n) is 6.38. The SMILES string of the molecule is CCOP(=O)(OCC)[C@@H]1C[C@H](C(=O)Nc2cc3c4c(cccc4c2)C(=O)N(CCN(C)C)C3=O)ON1C. The molecular weight excluding hydrogens is 499 g/mol. The van der Waals surface area contributed by atoms with Gasteiger partial charge in [-0.25, -0.2) is 0 Å². The Bertz CT molecular complexity index is 1260. The van der Waals surface area contributed by atoms with E-state index in [1.54, 1.807) is 51.2 Å². The minimum absolute atomic E-state index is 0.107. The summed E-state index contributed by atoms with van der Waals surface area (Å²) in [6.07, 6.45) is -0.827. The van der Waals surface area contributed by atoms with E-state index >= 15 is 0 Å². The van der Waals surface area contributed by atoms with Crippen molar-refractivity contribution in [2.24, 2.45) is 0 Å². The van der Waals surface area contributed by atoms with Crippen LogP contribution in [0.3, 0.4) is 0 Å². The van der Waals surface area contributed by atoms with Gasteiger partial charge in [0.05, 0.1) is 18.8 Å². The lowest BCUT2D eigenvalue weighted by molar-refractivity contribution is -0.155. The van der Waals surface area contributed by atoms with Crippen LogP contribution < -0.4 is 5.32 Å². The molecule has 2 aliphatic heterocycles. The molecule has 4 rings (SSSR count). The summed E-state index contributed by atoms with van der Waals surface area (Å²) < 4.78 is 24.1. The van der Waals surface area contributed by atoms with Gasteiger partial charge in [-0.3, -0.25) is 28.7 Å². The van der Waals surface area contributed by atoms with E-state index in [0.717, 1.165) is 0 Å². The van der Waals surface area contributed by atoms with Crippen molar-refractivity contribution in [3.63, 3.8) is 0 Å². The third kappa shape index (κ3) is 5.34. The average molecular weight is 533 g/mol. The maximum atomic E-state index is 13.3. The molecule has 0 radical (unpaired) electrons. The number of benzene rings is 2. The van der Waals surface area contributed by atoms with Gasteiger partial charge in [-0.2, -0.15) is 5.06 Å². The van der Waals surface area contributed by atoms with Gasteiger partial charge < -0.3 is 19.3 Å². The van der Waals surface area contributed by atoms with E-state index in [2.05, 4.69) is 5.32 Å². The van der Waals surface area contributed by atoms with E-state index < -0.39 is 31.3 Å². The Kier molecular flexibility index (Phi) is 8.13. The zero-order chi connectivity index (χ0) is 26.9. The first kappa shape index (κ1) is 27.4. The second-order valence-corrected chi connectivity index (χ2v) is 11.4. The zero-order valence-corrected chi connectivity index (χ0v) is 22.6. The maximum Gasteiger partial charge on any atom is 0.350 e. The predicted molar refractivity (Wildman–Crippen MR) is 138 cm³/mol. The fourth-order valence-electron chi connectivity index (χ4n) is 4.66. The molecule has 37 heavy (non-hydrogen) atoms. The molecule has 0 aromatic heterocycles. The monoisotopic (exact) mass is 532 g/mol. The van der Waals surface area contributed by atoms with Gasteiger partial charge in [0.15, 0.2) is 6.10 Å². The smallest absolute Gasteiger partial charge is 0.324 e. The summed E-state index contributed by atoms with van der Waals surface area (Å²) in [4.78, 5) is 48.4. The van der Waals surface area contributed by atoms with E-state index in [1.807, 2.05) is 19.0 Å². The molecule has 0 bridgehead atoms. The van der Waals surface area contributed by atoms with Gasteiger partial charge in [0, 0.05) is 43.2 Å². The molecule has 2 aliphatic rings. The maximum absolute atomic E-state index is 13.3. The fourth-order valence-corrected chi connectivity index (χ4v) is 6.70. The summed E-state index contributed by atoms with van der Waals surface area (Å²) in [6.45, 7) is 4.62. The van der Waals surface area contributed by atoms with Crippen LogP contribution in [0.2, 0.25) is 0 Å². The van der Waals surface area contributed by atoms with Crippen molar-refractivity contribution in [2.75, 3.05) is 52.8 Å². The number of hydroxylamine groups is 2. The van der Waals surface area contributed by atoms with Crippen LogP contribution in [0.25, 0.3) is 10.8 Å². The summed E-state index contributed by atoms with van der Waals surface area (Å²) in [5.41, 5.74) is 1.20. The van der Waals surface area contributed by atoms with Crippen molar-refractivity contribution in [1.82, 2.24) is 14.9 Å². The molecule has 1 N–H and O–H groups in total. The topological polar surface area (TPSA) is 118 Å². The van der Waals surface area contributed by atoms with E-state index in [4.69, 9.17) is 13.9 Å². The van der Waals surface area contributed by atoms with Crippen molar-refractivity contribution in [3.05, 3.63) is 41.5 Å². The van der Waals surface area contributed by atoms with Crippen molar-refractivity contribution >= 4 is 41.8 Å². The normalized spacial score (nSPS) is 20.3. The Morgan fingerprint density at radius 3 is 2.46 bits per heavy atom. The molecule has 12 heteroatoms. The minimum atomic E-state index is -3.53. The summed E-state index contributed by atoms with van der Waals surface area (Å²) in [5.74, 6) is -1.93. The number of nitrogens with zero attached hydrogens (tertiary/aromatic N) is 3. The highest BCUT2D eigenvalue weighted by Gasteiger charge is 2.48. The molecule has 0 aliphatic carbocycles. The van der Waals surface area contributed by atoms with Crippen molar-refractivity contribution in [2.45, 2.75) is 32.2 Å². The Labute approximate surface area is 216 Å². The molecule has 1 fully saturated rings. The highest BCUT2D eigenvalue weighted by Crippen LogP contribution is 2.57. The summed E-state index contributed by atoms with van der Waals surface area (Å²) in [7, 11) is 1.80. The highest BCUT2D eigenvalue weighted by atomic mass is 31.2. The molecule has 3 amide bonds. The number of nitrogens with one attached hydrogen (secondary N) is 1. The summed E-state index contributed by atoms with van der Waals surface area (Å²) in [6, 6.07) is 8.56. The quantitative estimate of drug-likeness (QED) is 0.364. The number of rotatable bonds is 10. The van der Waals surface area contributed by atoms with E-state index in [9.17, 15) is 18.9 Å². The van der Waals surface area contributed by atoms with E-state index in [-0.39, 0.29) is 32.1 Å². The number of likely N-dealkylation sites (N-methyl/N-ethyl adjacent to an activating group) is 1. The van der Waals surface area contributed by atoms with Crippen LogP contribution in [-0.4, -0.2) is 91.9 Å². The molecule has 2 aromatic carbocycles. The number of carbonyl (C=O) groups is 3. The molecule has 0 saturated carbocycles. The van der Waals surface area contributed by atoms with E-state index in [1.165, 1.54) is 9.96 Å². The lowest BCUT2D eigenvalue weighted by Gasteiger charge is -2.28. The second kappa shape index (κ2) is 11.0. The van der Waals surface area contributed by atoms with Crippen LogP contribution in [0.15, 0.2) is 30.3 Å². The number of imide groups is 1. The van der Waals surface area contributed by atoms with Gasteiger partial charge in [-0.1, -0.05) is 12.1 Å².